The van der Waals surface area contributed by atoms with Crippen molar-refractivity contribution in [3.8, 4) is 0 Å². The van der Waals surface area contributed by atoms with Crippen LogP contribution < -0.4 is 5.32 Å². The quantitative estimate of drug-likeness (QED) is 0.262. The monoisotopic (exact) mass is 439 g/mol. The number of hydrogen-bond donors (Lipinski definition) is 1. The van der Waals surface area contributed by atoms with Crippen LogP contribution in [0, 0.1) is 48.8 Å². The number of nitrogens with one attached hydrogen (secondary N) is 1. The lowest BCUT2D eigenvalue weighted by molar-refractivity contribution is -0.111. The highest BCUT2D eigenvalue weighted by molar-refractivity contribution is 6.02. The Morgan fingerprint density at radius 1 is 0.935 bits per heavy atom. The maximum Gasteiger partial charge on any atom is 0.248 e. The number of benzene rings is 2. The van der Waals surface area contributed by atoms with Crippen LogP contribution in [0.25, 0.3) is 6.08 Å². The molecule has 1 amide bonds. The molecule has 31 heavy (non-hydrogen) atoms. The number of rotatable bonds is 5. The summed E-state index contributed by atoms with van der Waals surface area (Å²) in [5, 5.41) is 6.56. The van der Waals surface area contributed by atoms with E-state index >= 15 is 0 Å². The molecule has 3 rings (SSSR count). The van der Waals surface area contributed by atoms with Crippen molar-refractivity contribution in [3.05, 3.63) is 87.8 Å². The number of aryl methyl sites for hydroxylation is 1. The van der Waals surface area contributed by atoms with E-state index < -0.39 is 52.9 Å². The Labute approximate surface area is 172 Å². The van der Waals surface area contributed by atoms with Gasteiger partial charge >= 0.3 is 0 Å². The van der Waals surface area contributed by atoms with Crippen molar-refractivity contribution in [2.24, 2.45) is 0 Å². The van der Waals surface area contributed by atoms with Gasteiger partial charge in [-0.25, -0.2) is 26.3 Å². The molecule has 2 aromatic carbocycles. The molecule has 0 aliphatic heterocycles. The first-order chi connectivity index (χ1) is 14.6. The lowest BCUT2D eigenvalue weighted by atomic mass is 10.1. The van der Waals surface area contributed by atoms with Crippen molar-refractivity contribution < 1.29 is 31.1 Å². The molecule has 0 bridgehead atoms. The standard InChI is InChI=1S/C21H15F6N3O/c1-10-21(28-15(31)8-5-12-3-6-13(22)7-4-12)11(2)30(29-10)9-14-16(23)18(25)20(27)19(26)17(14)24/h3-8H,9H2,1-2H3,(H,28,31)/b8-5+. The Balaban J connectivity index is 1.83. The second kappa shape index (κ2) is 8.66. The molecule has 0 unspecified atom stereocenters. The first-order valence-corrected chi connectivity index (χ1v) is 8.89. The summed E-state index contributed by atoms with van der Waals surface area (Å²) < 4.78 is 81.9. The third-order valence-electron chi connectivity index (χ3n) is 4.54. The molecular formula is C21H15F6N3O. The van der Waals surface area contributed by atoms with Crippen LogP contribution in [0.4, 0.5) is 32.0 Å². The summed E-state index contributed by atoms with van der Waals surface area (Å²) in [6.45, 7) is 2.23. The van der Waals surface area contributed by atoms with Gasteiger partial charge < -0.3 is 5.32 Å². The molecule has 10 heteroatoms. The average molecular weight is 439 g/mol. The normalized spacial score (nSPS) is 11.4. The van der Waals surface area contributed by atoms with Crippen LogP contribution in [-0.4, -0.2) is 15.7 Å². The van der Waals surface area contributed by atoms with Gasteiger partial charge in [-0.2, -0.15) is 5.10 Å². The third kappa shape index (κ3) is 4.47. The number of amides is 1. The number of carbonyl (C=O) groups excluding carboxylic acids is 1. The minimum absolute atomic E-state index is 0.220. The molecule has 0 aliphatic carbocycles. The Bertz CT molecular complexity index is 1160. The molecular weight excluding hydrogens is 424 g/mol. The van der Waals surface area contributed by atoms with Crippen LogP contribution in [0.5, 0.6) is 0 Å². The highest BCUT2D eigenvalue weighted by Crippen LogP contribution is 2.26. The van der Waals surface area contributed by atoms with Gasteiger partial charge in [0.05, 0.1) is 29.2 Å². The van der Waals surface area contributed by atoms with Crippen LogP contribution >= 0.6 is 0 Å². The van der Waals surface area contributed by atoms with Gasteiger partial charge in [0.15, 0.2) is 23.3 Å². The van der Waals surface area contributed by atoms with Crippen LogP contribution in [0.1, 0.15) is 22.5 Å². The third-order valence-corrected chi connectivity index (χ3v) is 4.54. The predicted molar refractivity (Wildman–Crippen MR) is 101 cm³/mol. The van der Waals surface area contributed by atoms with E-state index in [9.17, 15) is 31.1 Å². The van der Waals surface area contributed by atoms with Gasteiger partial charge in [0, 0.05) is 6.08 Å². The Morgan fingerprint density at radius 3 is 2.06 bits per heavy atom. The second-order valence-corrected chi connectivity index (χ2v) is 6.63. The molecule has 0 saturated heterocycles. The highest BCUT2D eigenvalue weighted by atomic mass is 19.2. The van der Waals surface area contributed by atoms with Crippen molar-refractivity contribution in [2.45, 2.75) is 20.4 Å². The largest absolute Gasteiger partial charge is 0.319 e. The van der Waals surface area contributed by atoms with Gasteiger partial charge in [-0.3, -0.25) is 9.48 Å². The van der Waals surface area contributed by atoms with Crippen molar-refractivity contribution in [1.82, 2.24) is 9.78 Å². The summed E-state index contributed by atoms with van der Waals surface area (Å²) in [6.07, 6.45) is 2.63. The van der Waals surface area contributed by atoms with E-state index in [1.165, 1.54) is 50.3 Å². The summed E-state index contributed by atoms with van der Waals surface area (Å²) in [5.74, 6) is -11.2. The maximum absolute atomic E-state index is 14.0. The van der Waals surface area contributed by atoms with Crippen LogP contribution in [0.3, 0.4) is 0 Å². The molecule has 0 radical (unpaired) electrons. The lowest BCUT2D eigenvalue weighted by Crippen LogP contribution is -2.13. The van der Waals surface area contributed by atoms with E-state index in [0.717, 1.165) is 4.68 Å². The second-order valence-electron chi connectivity index (χ2n) is 6.63. The van der Waals surface area contributed by atoms with Crippen molar-refractivity contribution in [2.75, 3.05) is 5.32 Å². The SMILES string of the molecule is Cc1nn(Cc2c(F)c(F)c(F)c(F)c2F)c(C)c1NC(=O)/C=C/c1ccc(F)cc1. The van der Waals surface area contributed by atoms with E-state index in [1.807, 2.05) is 0 Å². The minimum Gasteiger partial charge on any atom is -0.319 e. The van der Waals surface area contributed by atoms with Crippen LogP contribution in [-0.2, 0) is 11.3 Å². The molecule has 0 atom stereocenters. The molecule has 3 aromatic rings. The van der Waals surface area contributed by atoms with Gasteiger partial charge in [-0.1, -0.05) is 12.1 Å². The molecule has 4 nitrogen and oxygen atoms in total. The molecule has 1 heterocycles. The van der Waals surface area contributed by atoms with Crippen molar-refractivity contribution in [1.29, 1.82) is 0 Å². The van der Waals surface area contributed by atoms with Crippen LogP contribution in [0.15, 0.2) is 30.3 Å². The predicted octanol–water partition coefficient (Wildman–Crippen LogP) is 5.03. The molecule has 0 fully saturated rings. The molecule has 0 saturated carbocycles. The Morgan fingerprint density at radius 2 is 1.48 bits per heavy atom. The van der Waals surface area contributed by atoms with Crippen molar-refractivity contribution >= 4 is 17.7 Å². The average Bonchev–Trinajstić information content (AvgIpc) is 3.01. The van der Waals surface area contributed by atoms with Gasteiger partial charge in [-0.05, 0) is 37.6 Å². The van der Waals surface area contributed by atoms with Gasteiger partial charge in [-0.15, -0.1) is 0 Å². The number of aromatic nitrogens is 2. The number of carbonyl (C=O) groups is 1. The maximum atomic E-state index is 14.0. The fourth-order valence-electron chi connectivity index (χ4n) is 2.88. The van der Waals surface area contributed by atoms with E-state index in [0.29, 0.717) is 5.56 Å². The molecule has 1 N–H and O–H groups in total. The smallest absolute Gasteiger partial charge is 0.248 e. The lowest BCUT2D eigenvalue weighted by Gasteiger charge is -2.10. The summed E-state index contributed by atoms with van der Waals surface area (Å²) in [5.41, 5.74) is 0.260. The number of anilines is 1. The zero-order valence-corrected chi connectivity index (χ0v) is 16.2. The molecule has 162 valence electrons. The zero-order valence-electron chi connectivity index (χ0n) is 16.2. The number of hydrogen-bond acceptors (Lipinski definition) is 2. The fraction of sp³-hybridized carbons (Fsp3) is 0.143. The van der Waals surface area contributed by atoms with E-state index in [-0.39, 0.29) is 17.1 Å². The first-order valence-electron chi connectivity index (χ1n) is 8.89. The Kier molecular flexibility index (Phi) is 6.19. The fourth-order valence-corrected chi connectivity index (χ4v) is 2.88. The molecule has 1 aromatic heterocycles. The summed E-state index contributed by atoms with van der Waals surface area (Å²) in [4.78, 5) is 12.2. The van der Waals surface area contributed by atoms with Crippen molar-refractivity contribution in [3.63, 3.8) is 0 Å². The Hall–Kier alpha value is -3.56. The van der Waals surface area contributed by atoms with Gasteiger partial charge in [0.25, 0.3) is 0 Å². The summed E-state index contributed by atoms with van der Waals surface area (Å²) >= 11 is 0. The van der Waals surface area contributed by atoms with E-state index in [2.05, 4.69) is 10.4 Å². The van der Waals surface area contributed by atoms with Gasteiger partial charge in [0.1, 0.15) is 5.82 Å². The number of nitrogens with zero attached hydrogens (tertiary/aromatic N) is 2. The van der Waals surface area contributed by atoms with Gasteiger partial charge in [0.2, 0.25) is 11.7 Å². The van der Waals surface area contributed by atoms with E-state index in [4.69, 9.17) is 0 Å². The summed E-state index contributed by atoms with van der Waals surface area (Å²) in [6, 6.07) is 5.40. The zero-order chi connectivity index (χ0) is 22.9. The minimum atomic E-state index is -2.24. The first kappa shape index (κ1) is 22.1. The topological polar surface area (TPSA) is 46.9 Å². The molecule has 0 aliphatic rings. The highest BCUT2D eigenvalue weighted by Gasteiger charge is 2.26. The van der Waals surface area contributed by atoms with Crippen LogP contribution in [0.2, 0.25) is 0 Å². The molecule has 0 spiro atoms. The van der Waals surface area contributed by atoms with E-state index in [1.54, 1.807) is 0 Å². The number of halogens is 6. The summed E-state index contributed by atoms with van der Waals surface area (Å²) in [7, 11) is 0.